The molecule has 2 aromatic rings. The summed E-state index contributed by atoms with van der Waals surface area (Å²) in [6.45, 7) is 3.99. The smallest absolute Gasteiger partial charge is 0.193 e. The van der Waals surface area contributed by atoms with Crippen molar-refractivity contribution < 1.29 is 0 Å². The Labute approximate surface area is 105 Å². The lowest BCUT2D eigenvalue weighted by Gasteiger charge is -2.09. The van der Waals surface area contributed by atoms with Crippen molar-refractivity contribution in [2.24, 2.45) is 0 Å². The number of anilines is 1. The highest BCUT2D eigenvalue weighted by Gasteiger charge is 2.16. The quantitative estimate of drug-likeness (QED) is 0.873. The first kappa shape index (κ1) is 12.0. The van der Waals surface area contributed by atoms with Gasteiger partial charge < -0.3 is 5.73 Å². The fraction of sp³-hybridized carbons (Fsp3) is 0.333. The highest BCUT2D eigenvalue weighted by atomic mass is 15.4. The van der Waals surface area contributed by atoms with E-state index in [-0.39, 0.29) is 0 Å². The molecule has 0 fully saturated rings. The maximum Gasteiger partial charge on any atom is 0.193 e. The summed E-state index contributed by atoms with van der Waals surface area (Å²) in [5.74, 6) is 0.821. The summed E-state index contributed by atoms with van der Waals surface area (Å²) in [5.41, 5.74) is 7.88. The van der Waals surface area contributed by atoms with E-state index in [9.17, 15) is 5.26 Å². The SMILES string of the molecule is CCc1nnc(-n2ccc(N)n2)c(C#N)c1CC. The van der Waals surface area contributed by atoms with Gasteiger partial charge in [-0.2, -0.15) is 10.4 Å². The predicted molar refractivity (Wildman–Crippen MR) is 67.0 cm³/mol. The molecule has 6 heteroatoms. The summed E-state index contributed by atoms with van der Waals surface area (Å²) in [6.07, 6.45) is 3.17. The Morgan fingerprint density at radius 3 is 2.61 bits per heavy atom. The van der Waals surface area contributed by atoms with Crippen LogP contribution in [0.5, 0.6) is 0 Å². The van der Waals surface area contributed by atoms with Crippen LogP contribution >= 0.6 is 0 Å². The van der Waals surface area contributed by atoms with Crippen molar-refractivity contribution in [2.45, 2.75) is 26.7 Å². The van der Waals surface area contributed by atoms with Crippen molar-refractivity contribution in [3.63, 3.8) is 0 Å². The second-order valence-corrected chi connectivity index (χ2v) is 3.83. The molecule has 0 aromatic carbocycles. The number of hydrogen-bond donors (Lipinski definition) is 1. The van der Waals surface area contributed by atoms with Crippen molar-refractivity contribution in [3.8, 4) is 11.9 Å². The minimum atomic E-state index is 0.387. The highest BCUT2D eigenvalue weighted by Crippen LogP contribution is 2.19. The van der Waals surface area contributed by atoms with Gasteiger partial charge in [-0.25, -0.2) is 4.68 Å². The van der Waals surface area contributed by atoms with Crippen LogP contribution < -0.4 is 5.73 Å². The second kappa shape index (κ2) is 4.84. The molecule has 0 atom stereocenters. The molecule has 2 aromatic heterocycles. The number of nitrogens with two attached hydrogens (primary N) is 1. The first-order valence-corrected chi connectivity index (χ1v) is 5.81. The van der Waals surface area contributed by atoms with Crippen molar-refractivity contribution in [2.75, 3.05) is 5.73 Å². The average Bonchev–Trinajstić information content (AvgIpc) is 2.83. The minimum absolute atomic E-state index is 0.387. The van der Waals surface area contributed by atoms with Crippen LogP contribution in [0.1, 0.15) is 30.7 Å². The van der Waals surface area contributed by atoms with Gasteiger partial charge in [-0.1, -0.05) is 13.8 Å². The standard InChI is InChI=1S/C12H14N6/c1-3-8-9(7-13)12(16-15-10(8)4-2)18-6-5-11(14)17-18/h5-6H,3-4H2,1-2H3,(H2,14,17). The number of hydrogen-bond acceptors (Lipinski definition) is 5. The molecule has 0 aliphatic carbocycles. The van der Waals surface area contributed by atoms with Gasteiger partial charge in [-0.15, -0.1) is 10.2 Å². The van der Waals surface area contributed by atoms with Crippen molar-refractivity contribution >= 4 is 5.82 Å². The van der Waals surface area contributed by atoms with E-state index < -0.39 is 0 Å². The van der Waals surface area contributed by atoms with Crippen LogP contribution in [0.2, 0.25) is 0 Å². The molecule has 2 N–H and O–H groups in total. The topological polar surface area (TPSA) is 93.4 Å². The van der Waals surface area contributed by atoms with Gasteiger partial charge in [0, 0.05) is 12.3 Å². The molecule has 6 nitrogen and oxygen atoms in total. The van der Waals surface area contributed by atoms with E-state index in [0.29, 0.717) is 17.2 Å². The monoisotopic (exact) mass is 242 g/mol. The fourth-order valence-corrected chi connectivity index (χ4v) is 1.90. The summed E-state index contributed by atoms with van der Waals surface area (Å²) in [7, 11) is 0. The van der Waals surface area contributed by atoms with E-state index in [0.717, 1.165) is 24.1 Å². The summed E-state index contributed by atoms with van der Waals surface area (Å²) in [6, 6.07) is 3.85. The Morgan fingerprint density at radius 1 is 1.33 bits per heavy atom. The summed E-state index contributed by atoms with van der Waals surface area (Å²) < 4.78 is 1.49. The molecule has 0 bridgehead atoms. The first-order chi connectivity index (χ1) is 8.71. The van der Waals surface area contributed by atoms with Crippen molar-refractivity contribution in [1.29, 1.82) is 5.26 Å². The molecule has 0 unspecified atom stereocenters. The van der Waals surface area contributed by atoms with Crippen molar-refractivity contribution in [3.05, 3.63) is 29.1 Å². The van der Waals surface area contributed by atoms with Gasteiger partial charge in [0.05, 0.1) is 5.69 Å². The molecule has 2 heterocycles. The number of rotatable bonds is 3. The van der Waals surface area contributed by atoms with Gasteiger partial charge in [-0.05, 0) is 18.4 Å². The number of aromatic nitrogens is 4. The van der Waals surface area contributed by atoms with Crippen LogP contribution in [0.25, 0.3) is 5.82 Å². The first-order valence-electron chi connectivity index (χ1n) is 5.81. The second-order valence-electron chi connectivity index (χ2n) is 3.83. The van der Waals surface area contributed by atoms with Crippen LogP contribution in [-0.2, 0) is 12.8 Å². The van der Waals surface area contributed by atoms with Crippen LogP contribution in [0.15, 0.2) is 12.3 Å². The zero-order valence-electron chi connectivity index (χ0n) is 10.4. The molecule has 0 saturated carbocycles. The molecular formula is C12H14N6. The largest absolute Gasteiger partial charge is 0.382 e. The number of nitriles is 1. The van der Waals surface area contributed by atoms with Gasteiger partial charge in [0.25, 0.3) is 0 Å². The zero-order chi connectivity index (χ0) is 13.1. The third kappa shape index (κ3) is 1.91. The Morgan fingerprint density at radius 2 is 2.11 bits per heavy atom. The van der Waals surface area contributed by atoms with Crippen LogP contribution in [0.4, 0.5) is 5.82 Å². The summed E-state index contributed by atoms with van der Waals surface area (Å²) in [5, 5.41) is 21.6. The zero-order valence-corrected chi connectivity index (χ0v) is 10.4. The third-order valence-corrected chi connectivity index (χ3v) is 2.77. The van der Waals surface area contributed by atoms with E-state index in [1.54, 1.807) is 12.3 Å². The number of aryl methyl sites for hydroxylation is 1. The Balaban J connectivity index is 2.66. The average molecular weight is 242 g/mol. The Kier molecular flexibility index (Phi) is 3.24. The van der Waals surface area contributed by atoms with Crippen LogP contribution in [0.3, 0.4) is 0 Å². The van der Waals surface area contributed by atoms with E-state index in [1.165, 1.54) is 4.68 Å². The van der Waals surface area contributed by atoms with Crippen molar-refractivity contribution in [1.82, 2.24) is 20.0 Å². The maximum atomic E-state index is 9.33. The predicted octanol–water partition coefficient (Wildman–Crippen LogP) is 1.24. The molecule has 2 rings (SSSR count). The molecule has 0 spiro atoms. The summed E-state index contributed by atoms with van der Waals surface area (Å²) >= 11 is 0. The van der Waals surface area contributed by atoms with Gasteiger partial charge in [0.1, 0.15) is 17.5 Å². The Hall–Kier alpha value is -2.42. The third-order valence-electron chi connectivity index (χ3n) is 2.77. The van der Waals surface area contributed by atoms with E-state index in [4.69, 9.17) is 5.73 Å². The molecule has 92 valence electrons. The van der Waals surface area contributed by atoms with Gasteiger partial charge in [-0.3, -0.25) is 0 Å². The van der Waals surface area contributed by atoms with Gasteiger partial charge >= 0.3 is 0 Å². The molecule has 0 amide bonds. The highest BCUT2D eigenvalue weighted by molar-refractivity contribution is 5.50. The molecule has 18 heavy (non-hydrogen) atoms. The van der Waals surface area contributed by atoms with E-state index in [2.05, 4.69) is 21.4 Å². The molecule has 0 saturated heterocycles. The van der Waals surface area contributed by atoms with E-state index in [1.807, 2.05) is 13.8 Å². The normalized spacial score (nSPS) is 10.3. The summed E-state index contributed by atoms with van der Waals surface area (Å²) in [4.78, 5) is 0. The van der Waals surface area contributed by atoms with Gasteiger partial charge in [0.15, 0.2) is 5.82 Å². The maximum absolute atomic E-state index is 9.33. The number of nitrogen functional groups attached to an aromatic ring is 1. The Bertz CT molecular complexity index is 608. The lowest BCUT2D eigenvalue weighted by Crippen LogP contribution is -2.10. The molecule has 0 aliphatic heterocycles. The fourth-order valence-electron chi connectivity index (χ4n) is 1.90. The van der Waals surface area contributed by atoms with Gasteiger partial charge in [0.2, 0.25) is 0 Å². The number of nitrogens with zero attached hydrogens (tertiary/aromatic N) is 5. The molecular weight excluding hydrogens is 228 g/mol. The molecule has 0 aliphatic rings. The minimum Gasteiger partial charge on any atom is -0.382 e. The van der Waals surface area contributed by atoms with Crippen LogP contribution in [0, 0.1) is 11.3 Å². The lowest BCUT2D eigenvalue weighted by molar-refractivity contribution is 0.780. The lowest BCUT2D eigenvalue weighted by atomic mass is 10.0. The van der Waals surface area contributed by atoms with Crippen LogP contribution in [-0.4, -0.2) is 20.0 Å². The van der Waals surface area contributed by atoms with E-state index >= 15 is 0 Å². The molecule has 0 radical (unpaired) electrons.